The van der Waals surface area contributed by atoms with Crippen LogP contribution in [-0.4, -0.2) is 62.5 Å². The minimum atomic E-state index is -0.577. The molecule has 27 heavy (non-hydrogen) atoms. The monoisotopic (exact) mass is 375 g/mol. The number of aromatic nitrogens is 2. The third-order valence-corrected chi connectivity index (χ3v) is 5.37. The lowest BCUT2D eigenvalue weighted by atomic mass is 9.78. The lowest BCUT2D eigenvalue weighted by molar-refractivity contribution is -0.158. The highest BCUT2D eigenvalue weighted by Gasteiger charge is 2.39. The Labute approximate surface area is 157 Å². The molecule has 1 saturated carbocycles. The van der Waals surface area contributed by atoms with Crippen LogP contribution in [0.4, 0.5) is 5.82 Å². The van der Waals surface area contributed by atoms with E-state index in [1.54, 1.807) is 4.90 Å². The maximum absolute atomic E-state index is 13.1. The second-order valence-corrected chi connectivity index (χ2v) is 7.23. The van der Waals surface area contributed by atoms with Crippen molar-refractivity contribution in [2.24, 2.45) is 11.8 Å². The summed E-state index contributed by atoms with van der Waals surface area (Å²) >= 11 is 0. The molecule has 1 aliphatic carbocycles. The molecule has 0 bridgehead atoms. The van der Waals surface area contributed by atoms with E-state index in [1.165, 1.54) is 18.6 Å². The van der Waals surface area contributed by atoms with E-state index in [2.05, 4.69) is 15.3 Å². The molecule has 0 spiro atoms. The summed E-state index contributed by atoms with van der Waals surface area (Å²) in [4.78, 5) is 46.1. The predicted octanol–water partition coefficient (Wildman–Crippen LogP) is 1.06. The van der Waals surface area contributed by atoms with Crippen molar-refractivity contribution in [2.75, 3.05) is 18.4 Å². The molecule has 0 unspecified atom stereocenters. The second kappa shape index (κ2) is 8.90. The average molecular weight is 375 g/mol. The van der Waals surface area contributed by atoms with Gasteiger partial charge in [0.1, 0.15) is 6.04 Å². The molecule has 3 amide bonds. The van der Waals surface area contributed by atoms with Gasteiger partial charge in [-0.3, -0.25) is 24.6 Å². The topological polar surface area (TPSA) is 116 Å². The van der Waals surface area contributed by atoms with Crippen molar-refractivity contribution in [2.45, 2.75) is 44.6 Å². The van der Waals surface area contributed by atoms with Gasteiger partial charge in [-0.2, -0.15) is 0 Å². The smallest absolute Gasteiger partial charge is 0.248 e. The highest BCUT2D eigenvalue weighted by Crippen LogP contribution is 2.34. The van der Waals surface area contributed by atoms with Gasteiger partial charge in [0.25, 0.3) is 0 Å². The molecule has 2 aliphatic rings. The number of anilines is 1. The maximum atomic E-state index is 13.1. The Kier molecular flexibility index (Phi) is 6.33. The molecule has 146 valence electrons. The number of nitrogens with zero attached hydrogens (tertiary/aromatic N) is 4. The quantitative estimate of drug-likeness (QED) is 0.399. The van der Waals surface area contributed by atoms with Gasteiger partial charge < -0.3 is 10.2 Å². The summed E-state index contributed by atoms with van der Waals surface area (Å²) in [5, 5.41) is 12.8. The summed E-state index contributed by atoms with van der Waals surface area (Å²) in [6, 6.07) is -0.577. The van der Waals surface area contributed by atoms with Crippen LogP contribution in [0.3, 0.4) is 0 Å². The molecule has 1 aromatic heterocycles. The Morgan fingerprint density at radius 2 is 2.15 bits per heavy atom. The zero-order valence-corrected chi connectivity index (χ0v) is 15.2. The van der Waals surface area contributed by atoms with Crippen molar-refractivity contribution in [3.8, 4) is 0 Å². The lowest BCUT2D eigenvalue weighted by Gasteiger charge is -2.33. The molecule has 2 atom stereocenters. The number of amides is 3. The van der Waals surface area contributed by atoms with Crippen molar-refractivity contribution in [1.29, 1.82) is 0 Å². The van der Waals surface area contributed by atoms with Crippen LogP contribution < -0.4 is 5.32 Å². The fraction of sp³-hybridized carbons (Fsp3) is 0.611. The van der Waals surface area contributed by atoms with Crippen LogP contribution in [0.2, 0.25) is 0 Å². The summed E-state index contributed by atoms with van der Waals surface area (Å²) in [7, 11) is 0. The van der Waals surface area contributed by atoms with E-state index in [1.807, 2.05) is 0 Å². The largest absolute Gasteiger partial charge is 0.330 e. The molecule has 2 N–H and O–H groups in total. The van der Waals surface area contributed by atoms with Gasteiger partial charge in [-0.05, 0) is 25.2 Å². The molecular weight excluding hydrogens is 350 g/mol. The van der Waals surface area contributed by atoms with Gasteiger partial charge in [-0.25, -0.2) is 10.0 Å². The molecule has 9 heteroatoms. The summed E-state index contributed by atoms with van der Waals surface area (Å²) in [5.41, 5.74) is 0. The Bertz CT molecular complexity index is 667. The third-order valence-electron chi connectivity index (χ3n) is 5.37. The molecule has 2 heterocycles. The van der Waals surface area contributed by atoms with Crippen LogP contribution >= 0.6 is 0 Å². The highest BCUT2D eigenvalue weighted by molar-refractivity contribution is 5.97. The lowest BCUT2D eigenvalue weighted by Crippen LogP contribution is -2.48. The first-order valence-electron chi connectivity index (χ1n) is 9.36. The summed E-state index contributed by atoms with van der Waals surface area (Å²) < 4.78 is 0. The van der Waals surface area contributed by atoms with E-state index in [-0.39, 0.29) is 18.4 Å². The maximum Gasteiger partial charge on any atom is 0.248 e. The van der Waals surface area contributed by atoms with E-state index in [4.69, 9.17) is 0 Å². The van der Waals surface area contributed by atoms with E-state index < -0.39 is 12.0 Å². The zero-order valence-electron chi connectivity index (χ0n) is 15.2. The second-order valence-electron chi connectivity index (χ2n) is 7.23. The van der Waals surface area contributed by atoms with Gasteiger partial charge in [-0.15, -0.1) is 0 Å². The number of hydroxylamine groups is 2. The fourth-order valence-corrected chi connectivity index (χ4v) is 3.76. The molecule has 3 rings (SSSR count). The third kappa shape index (κ3) is 4.79. The van der Waals surface area contributed by atoms with Crippen LogP contribution in [0.5, 0.6) is 0 Å². The summed E-state index contributed by atoms with van der Waals surface area (Å²) in [6.45, 7) is 0.443. The van der Waals surface area contributed by atoms with Crippen LogP contribution in [0, 0.1) is 11.8 Å². The van der Waals surface area contributed by atoms with Crippen molar-refractivity contribution in [3.05, 3.63) is 18.6 Å². The highest BCUT2D eigenvalue weighted by atomic mass is 16.5. The van der Waals surface area contributed by atoms with Crippen LogP contribution in [0.15, 0.2) is 18.6 Å². The van der Waals surface area contributed by atoms with E-state index in [0.29, 0.717) is 42.6 Å². The Morgan fingerprint density at radius 3 is 2.78 bits per heavy atom. The first-order valence-corrected chi connectivity index (χ1v) is 9.36. The van der Waals surface area contributed by atoms with Gasteiger partial charge in [0.05, 0.1) is 18.7 Å². The number of likely N-dealkylation sites (tertiary alicyclic amines) is 1. The van der Waals surface area contributed by atoms with Crippen molar-refractivity contribution in [1.82, 2.24) is 19.9 Å². The molecule has 1 saturated heterocycles. The molecule has 9 nitrogen and oxygen atoms in total. The van der Waals surface area contributed by atoms with Gasteiger partial charge in [0.15, 0.2) is 5.82 Å². The minimum absolute atomic E-state index is 0.0478. The number of rotatable bonds is 8. The van der Waals surface area contributed by atoms with Crippen LogP contribution in [0.1, 0.15) is 38.5 Å². The molecule has 2 fully saturated rings. The first kappa shape index (κ1) is 19.2. The van der Waals surface area contributed by atoms with E-state index in [9.17, 15) is 19.6 Å². The van der Waals surface area contributed by atoms with E-state index >= 15 is 0 Å². The Hall–Kier alpha value is -2.55. The normalized spacial score (nSPS) is 20.6. The molecule has 1 aromatic rings. The van der Waals surface area contributed by atoms with Gasteiger partial charge in [0, 0.05) is 18.9 Å². The van der Waals surface area contributed by atoms with Gasteiger partial charge >= 0.3 is 0 Å². The number of hydrogen-bond donors (Lipinski definition) is 2. The number of carbonyl (C=O) groups excluding carboxylic acids is 3. The standard InChI is InChI=1S/C18H25N5O4/c24-12-22(27)11-14(9-13-3-1-4-13)18(26)23-8-2-5-15(23)17(25)21-16-10-19-6-7-20-16/h6-7,10,12-15,27H,1-5,8-9,11H2,(H,20,21,25)/t14-,15+/m1/s1. The van der Waals surface area contributed by atoms with Crippen molar-refractivity contribution >= 4 is 24.0 Å². The van der Waals surface area contributed by atoms with Crippen LogP contribution in [-0.2, 0) is 14.4 Å². The average Bonchev–Trinajstić information content (AvgIpc) is 3.13. The van der Waals surface area contributed by atoms with Crippen molar-refractivity contribution in [3.63, 3.8) is 0 Å². The Balaban J connectivity index is 1.67. The van der Waals surface area contributed by atoms with E-state index in [0.717, 1.165) is 25.7 Å². The molecule has 1 aliphatic heterocycles. The fourth-order valence-electron chi connectivity index (χ4n) is 3.76. The molecular formula is C18H25N5O4. The Morgan fingerprint density at radius 1 is 1.33 bits per heavy atom. The van der Waals surface area contributed by atoms with Gasteiger partial charge in [-0.1, -0.05) is 19.3 Å². The first-order chi connectivity index (χ1) is 13.1. The number of carbonyl (C=O) groups is 3. The van der Waals surface area contributed by atoms with Crippen molar-refractivity contribution < 1.29 is 19.6 Å². The SMILES string of the molecule is O=CN(O)C[C@@H](CC1CCC1)C(=O)N1CCC[C@H]1C(=O)Nc1cnccn1. The summed E-state index contributed by atoms with van der Waals surface area (Å²) in [6.07, 6.45) is 9.96. The molecule has 0 radical (unpaired) electrons. The minimum Gasteiger partial charge on any atom is -0.330 e. The van der Waals surface area contributed by atoms with Gasteiger partial charge in [0.2, 0.25) is 18.2 Å². The van der Waals surface area contributed by atoms with Crippen LogP contribution in [0.25, 0.3) is 0 Å². The zero-order chi connectivity index (χ0) is 19.2. The number of nitrogens with one attached hydrogen (secondary N) is 1. The molecule has 0 aromatic carbocycles. The summed E-state index contributed by atoms with van der Waals surface area (Å²) in [5.74, 6) is -0.196. The number of hydrogen-bond acceptors (Lipinski definition) is 6. The predicted molar refractivity (Wildman–Crippen MR) is 95.4 cm³/mol.